The minimum atomic E-state index is -1.11. The van der Waals surface area contributed by atoms with Crippen molar-refractivity contribution in [2.75, 3.05) is 13.6 Å². The molecule has 1 aromatic carbocycles. The third-order valence-corrected chi connectivity index (χ3v) is 2.41. The van der Waals surface area contributed by atoms with Gasteiger partial charge in [0.15, 0.2) is 11.4 Å². The Kier molecular flexibility index (Phi) is 3.08. The Bertz CT molecular complexity index is 599. The number of H-pyrrole nitrogens is 1. The zero-order chi connectivity index (χ0) is 12.4. The van der Waals surface area contributed by atoms with Gasteiger partial charge in [-0.15, -0.1) is 0 Å². The van der Waals surface area contributed by atoms with Gasteiger partial charge in [0.2, 0.25) is 0 Å². The number of aliphatic hydroxyl groups is 1. The average Bonchev–Trinajstić information content (AvgIpc) is 2.67. The van der Waals surface area contributed by atoms with E-state index >= 15 is 0 Å². The number of hydrogen-bond donors (Lipinski definition) is 3. The highest BCUT2D eigenvalue weighted by Gasteiger charge is 2.17. The van der Waals surface area contributed by atoms with E-state index in [2.05, 4.69) is 10.3 Å². The average molecular weight is 236 g/mol. The number of carbonyl (C=O) groups is 1. The molecule has 0 saturated heterocycles. The highest BCUT2D eigenvalue weighted by atomic mass is 16.4. The molecule has 0 aliphatic carbocycles. The molecule has 2 rings (SSSR count). The summed E-state index contributed by atoms with van der Waals surface area (Å²) in [6, 6.07) is 4.54. The van der Waals surface area contributed by atoms with Gasteiger partial charge in [-0.2, -0.15) is 0 Å². The molecule has 1 aromatic heterocycles. The molecule has 0 aliphatic rings. The van der Waals surface area contributed by atoms with Crippen LogP contribution in [0.3, 0.4) is 0 Å². The summed E-state index contributed by atoms with van der Waals surface area (Å²) in [6.07, 6.45) is -1.11. The van der Waals surface area contributed by atoms with Crippen LogP contribution in [0.25, 0.3) is 11.1 Å². The Hall–Kier alpha value is -1.92. The van der Waals surface area contributed by atoms with Crippen molar-refractivity contribution in [2.45, 2.75) is 6.10 Å². The maximum Gasteiger partial charge on any atom is 0.417 e. The molecule has 90 valence electrons. The van der Waals surface area contributed by atoms with Crippen molar-refractivity contribution < 1.29 is 14.3 Å². The fourth-order valence-electron chi connectivity index (χ4n) is 1.58. The molecule has 0 spiro atoms. The lowest BCUT2D eigenvalue weighted by Gasteiger charge is -2.08. The Balaban J connectivity index is 2.35. The number of carbonyl (C=O) groups excluding carboxylic acids is 1. The van der Waals surface area contributed by atoms with Gasteiger partial charge in [0.25, 0.3) is 0 Å². The molecule has 0 bridgehead atoms. The summed E-state index contributed by atoms with van der Waals surface area (Å²) in [7, 11) is 1.64. The predicted octanol–water partition coefficient (Wildman–Crippen LogP) is -0.116. The van der Waals surface area contributed by atoms with Crippen LogP contribution in [0.15, 0.2) is 27.4 Å². The van der Waals surface area contributed by atoms with Crippen molar-refractivity contribution in [1.29, 1.82) is 0 Å². The van der Waals surface area contributed by atoms with Gasteiger partial charge >= 0.3 is 5.76 Å². The number of hydrogen-bond acceptors (Lipinski definition) is 5. The van der Waals surface area contributed by atoms with Crippen LogP contribution in [-0.2, 0) is 0 Å². The lowest BCUT2D eigenvalue weighted by Crippen LogP contribution is -2.31. The maximum absolute atomic E-state index is 11.8. The zero-order valence-corrected chi connectivity index (χ0v) is 9.19. The SMILES string of the molecule is CNCC(O)C(=O)c1ccc2[nH]c(=O)oc2c1. The van der Waals surface area contributed by atoms with Gasteiger partial charge in [0.05, 0.1) is 5.52 Å². The van der Waals surface area contributed by atoms with Gasteiger partial charge in [-0.25, -0.2) is 4.79 Å². The van der Waals surface area contributed by atoms with Crippen LogP contribution in [0.2, 0.25) is 0 Å². The first-order chi connectivity index (χ1) is 8.11. The molecule has 3 N–H and O–H groups in total. The number of aromatic amines is 1. The van der Waals surface area contributed by atoms with Crippen molar-refractivity contribution in [3.8, 4) is 0 Å². The number of ketones is 1. The van der Waals surface area contributed by atoms with Crippen molar-refractivity contribution in [1.82, 2.24) is 10.3 Å². The molecular weight excluding hydrogens is 224 g/mol. The van der Waals surface area contributed by atoms with Crippen molar-refractivity contribution in [3.63, 3.8) is 0 Å². The van der Waals surface area contributed by atoms with Crippen LogP contribution in [0.1, 0.15) is 10.4 Å². The maximum atomic E-state index is 11.8. The number of benzene rings is 1. The van der Waals surface area contributed by atoms with Crippen LogP contribution < -0.4 is 11.1 Å². The number of rotatable bonds is 4. The first-order valence-electron chi connectivity index (χ1n) is 5.11. The third-order valence-electron chi connectivity index (χ3n) is 2.41. The Labute approximate surface area is 96.3 Å². The molecule has 1 heterocycles. The van der Waals surface area contributed by atoms with E-state index in [0.29, 0.717) is 16.7 Å². The van der Waals surface area contributed by atoms with E-state index in [9.17, 15) is 14.7 Å². The van der Waals surface area contributed by atoms with Crippen LogP contribution >= 0.6 is 0 Å². The van der Waals surface area contributed by atoms with E-state index in [4.69, 9.17) is 4.42 Å². The number of aromatic nitrogens is 1. The first kappa shape index (κ1) is 11.6. The van der Waals surface area contributed by atoms with Gasteiger partial charge < -0.3 is 14.8 Å². The Morgan fingerprint density at radius 3 is 3.06 bits per heavy atom. The van der Waals surface area contributed by atoms with Crippen LogP contribution in [0.4, 0.5) is 0 Å². The second-order valence-corrected chi connectivity index (χ2v) is 3.66. The van der Waals surface area contributed by atoms with E-state index < -0.39 is 17.6 Å². The summed E-state index contributed by atoms with van der Waals surface area (Å²) in [6.45, 7) is 0.175. The molecule has 6 nitrogen and oxygen atoms in total. The Morgan fingerprint density at radius 1 is 1.59 bits per heavy atom. The number of fused-ring (bicyclic) bond motifs is 1. The monoisotopic (exact) mass is 236 g/mol. The number of nitrogens with one attached hydrogen (secondary N) is 2. The first-order valence-corrected chi connectivity index (χ1v) is 5.11. The molecule has 0 amide bonds. The second-order valence-electron chi connectivity index (χ2n) is 3.66. The van der Waals surface area contributed by atoms with E-state index in [1.165, 1.54) is 12.1 Å². The van der Waals surface area contributed by atoms with E-state index in [0.717, 1.165) is 0 Å². The minimum Gasteiger partial charge on any atom is -0.408 e. The van der Waals surface area contributed by atoms with Gasteiger partial charge in [0.1, 0.15) is 6.10 Å². The number of oxazole rings is 1. The Morgan fingerprint density at radius 2 is 2.35 bits per heavy atom. The van der Waals surface area contributed by atoms with Crippen LogP contribution in [0.5, 0.6) is 0 Å². The summed E-state index contributed by atoms with van der Waals surface area (Å²) >= 11 is 0. The molecule has 1 unspecified atom stereocenters. The molecular formula is C11H12N2O4. The fourth-order valence-corrected chi connectivity index (χ4v) is 1.58. The molecule has 0 aliphatic heterocycles. The van der Waals surface area contributed by atoms with Gasteiger partial charge in [-0.1, -0.05) is 0 Å². The van der Waals surface area contributed by atoms with E-state index in [1.54, 1.807) is 13.1 Å². The van der Waals surface area contributed by atoms with Gasteiger partial charge in [-0.3, -0.25) is 9.78 Å². The van der Waals surface area contributed by atoms with Crippen molar-refractivity contribution in [2.24, 2.45) is 0 Å². The summed E-state index contributed by atoms with van der Waals surface area (Å²) in [4.78, 5) is 25.2. The lowest BCUT2D eigenvalue weighted by atomic mass is 10.1. The van der Waals surface area contributed by atoms with Gasteiger partial charge in [0, 0.05) is 12.1 Å². The summed E-state index contributed by atoms with van der Waals surface area (Å²) < 4.78 is 4.84. The van der Waals surface area contributed by atoms with Gasteiger partial charge in [-0.05, 0) is 25.2 Å². The molecule has 0 saturated carbocycles. The largest absolute Gasteiger partial charge is 0.417 e. The second kappa shape index (κ2) is 4.52. The molecule has 17 heavy (non-hydrogen) atoms. The summed E-state index contributed by atoms with van der Waals surface area (Å²) in [5, 5.41) is 12.2. The summed E-state index contributed by atoms with van der Waals surface area (Å²) in [5.41, 5.74) is 1.13. The number of likely N-dealkylation sites (N-methyl/N-ethyl adjacent to an activating group) is 1. The smallest absolute Gasteiger partial charge is 0.408 e. The van der Waals surface area contributed by atoms with Crippen molar-refractivity contribution >= 4 is 16.9 Å². The number of aliphatic hydroxyl groups excluding tert-OH is 1. The highest BCUT2D eigenvalue weighted by Crippen LogP contribution is 2.13. The molecule has 0 fully saturated rings. The van der Waals surface area contributed by atoms with Crippen molar-refractivity contribution in [3.05, 3.63) is 34.3 Å². The highest BCUT2D eigenvalue weighted by molar-refractivity contribution is 6.01. The fraction of sp³-hybridized carbons (Fsp3) is 0.273. The number of Topliss-reactive ketones (excluding diaryl/α,β-unsaturated/α-hetero) is 1. The normalized spacial score (nSPS) is 12.8. The summed E-state index contributed by atoms with van der Waals surface area (Å²) in [5.74, 6) is -0.981. The van der Waals surface area contributed by atoms with Crippen LogP contribution in [0, 0.1) is 0 Å². The standard InChI is InChI=1S/C11H12N2O4/c1-12-5-8(14)10(15)6-2-3-7-9(4-6)17-11(16)13-7/h2-4,8,12,14H,5H2,1H3,(H,13,16). The van der Waals surface area contributed by atoms with Crippen LogP contribution in [-0.4, -0.2) is 35.6 Å². The molecule has 6 heteroatoms. The van der Waals surface area contributed by atoms with E-state index in [1.807, 2.05) is 0 Å². The third kappa shape index (κ3) is 2.27. The lowest BCUT2D eigenvalue weighted by molar-refractivity contribution is 0.0750. The molecule has 2 aromatic rings. The predicted molar refractivity (Wildman–Crippen MR) is 61.1 cm³/mol. The topological polar surface area (TPSA) is 95.3 Å². The zero-order valence-electron chi connectivity index (χ0n) is 9.19. The minimum absolute atomic E-state index is 0.175. The molecule has 1 atom stereocenters. The molecule has 0 radical (unpaired) electrons. The van der Waals surface area contributed by atoms with E-state index in [-0.39, 0.29) is 6.54 Å². The quantitative estimate of drug-likeness (QED) is 0.643.